The third kappa shape index (κ3) is 3.49. The maximum atomic E-state index is 13.5. The minimum absolute atomic E-state index is 0.210. The average Bonchev–Trinajstić information content (AvgIpc) is 3.27. The van der Waals surface area contributed by atoms with E-state index in [1.165, 1.54) is 4.90 Å². The van der Waals surface area contributed by atoms with Crippen LogP contribution in [0.25, 0.3) is 0 Å². The molecule has 3 aromatic rings. The first kappa shape index (κ1) is 20.1. The molecule has 3 aromatic carbocycles. The number of hydroxylamine groups is 1. The fourth-order valence-corrected chi connectivity index (χ4v) is 4.77. The molecule has 31 heavy (non-hydrogen) atoms. The number of rotatable bonds is 4. The van der Waals surface area contributed by atoms with Gasteiger partial charge in [-0.15, -0.1) is 0 Å². The summed E-state index contributed by atoms with van der Waals surface area (Å²) in [7, 11) is 0. The molecule has 0 aromatic heterocycles. The molecule has 7 heteroatoms. The molecule has 2 saturated heterocycles. The van der Waals surface area contributed by atoms with Crippen molar-refractivity contribution in [2.45, 2.75) is 18.7 Å². The van der Waals surface area contributed by atoms with Crippen LogP contribution in [0.1, 0.15) is 17.2 Å². The maximum Gasteiger partial charge on any atom is 0.262 e. The summed E-state index contributed by atoms with van der Waals surface area (Å²) >= 11 is 12.6. The lowest BCUT2D eigenvalue weighted by molar-refractivity contribution is -0.143. The molecule has 2 fully saturated rings. The van der Waals surface area contributed by atoms with E-state index in [1.807, 2.05) is 60.7 Å². The molecule has 2 aliphatic rings. The molecule has 0 spiro atoms. The number of benzene rings is 3. The highest BCUT2D eigenvalue weighted by Crippen LogP contribution is 2.48. The standard InChI is InChI=1S/C24H18Cl2N2O3/c25-16-11-12-18(19(26)13-16)21-20-22(31-28(21)17-9-5-2-6-10-17)24(30)27(23(20)29)14-15-7-3-1-4-8-15/h1-13,20-22H,14H2/t20-,21+,22-/m0/s1. The van der Waals surface area contributed by atoms with Gasteiger partial charge < -0.3 is 0 Å². The SMILES string of the molecule is O=C1[C@@H]2[C@H](ON(c3ccccc3)[C@@H]2c2ccc(Cl)cc2Cl)C(=O)N1Cc1ccccc1. The summed E-state index contributed by atoms with van der Waals surface area (Å²) in [6, 6.07) is 23.4. The van der Waals surface area contributed by atoms with Crippen molar-refractivity contribution in [3.8, 4) is 0 Å². The Hall–Kier alpha value is -2.86. The van der Waals surface area contributed by atoms with Crippen LogP contribution >= 0.6 is 23.2 Å². The maximum absolute atomic E-state index is 13.5. The number of nitrogens with zero attached hydrogens (tertiary/aromatic N) is 2. The van der Waals surface area contributed by atoms with E-state index in [0.717, 1.165) is 11.3 Å². The normalized spacial score (nSPS) is 22.8. The number of carbonyl (C=O) groups excluding carboxylic acids is 2. The molecular formula is C24H18Cl2N2O3. The molecule has 0 aliphatic carbocycles. The Labute approximate surface area is 189 Å². The smallest absolute Gasteiger partial charge is 0.262 e. The van der Waals surface area contributed by atoms with Crippen molar-refractivity contribution in [2.24, 2.45) is 5.92 Å². The zero-order valence-corrected chi connectivity index (χ0v) is 17.8. The summed E-state index contributed by atoms with van der Waals surface area (Å²) in [6.07, 6.45) is -0.909. The van der Waals surface area contributed by atoms with Crippen LogP contribution in [0.5, 0.6) is 0 Å². The number of carbonyl (C=O) groups is 2. The molecule has 2 amide bonds. The number of likely N-dealkylation sites (tertiary alicyclic amines) is 1. The predicted octanol–water partition coefficient (Wildman–Crippen LogP) is 5.04. The van der Waals surface area contributed by atoms with E-state index in [9.17, 15) is 9.59 Å². The Balaban J connectivity index is 1.55. The zero-order valence-electron chi connectivity index (χ0n) is 16.3. The van der Waals surface area contributed by atoms with Gasteiger partial charge in [0.15, 0.2) is 6.10 Å². The van der Waals surface area contributed by atoms with E-state index >= 15 is 0 Å². The molecule has 156 valence electrons. The van der Waals surface area contributed by atoms with Gasteiger partial charge in [-0.25, -0.2) is 5.06 Å². The Kier molecular flexibility index (Phi) is 5.18. The number of anilines is 1. The highest BCUT2D eigenvalue weighted by atomic mass is 35.5. The van der Waals surface area contributed by atoms with Gasteiger partial charge in [0.25, 0.3) is 5.91 Å². The Morgan fingerprint density at radius 1 is 0.839 bits per heavy atom. The highest BCUT2D eigenvalue weighted by Gasteiger charge is 2.60. The van der Waals surface area contributed by atoms with Gasteiger partial charge in [0, 0.05) is 10.0 Å². The van der Waals surface area contributed by atoms with Gasteiger partial charge in [0.05, 0.1) is 18.3 Å². The van der Waals surface area contributed by atoms with E-state index in [0.29, 0.717) is 15.6 Å². The second kappa shape index (κ2) is 8.00. The van der Waals surface area contributed by atoms with Gasteiger partial charge in [0.1, 0.15) is 5.92 Å². The molecular weight excluding hydrogens is 435 g/mol. The molecule has 3 atom stereocenters. The van der Waals surface area contributed by atoms with Crippen molar-refractivity contribution in [2.75, 3.05) is 5.06 Å². The van der Waals surface area contributed by atoms with Crippen LogP contribution in [0, 0.1) is 5.92 Å². The number of fused-ring (bicyclic) bond motifs is 1. The Morgan fingerprint density at radius 3 is 2.19 bits per heavy atom. The van der Waals surface area contributed by atoms with E-state index in [4.69, 9.17) is 28.0 Å². The quantitative estimate of drug-likeness (QED) is 0.520. The second-order valence-corrected chi connectivity index (χ2v) is 8.42. The molecule has 2 aliphatic heterocycles. The molecule has 0 N–H and O–H groups in total. The fourth-order valence-electron chi connectivity index (χ4n) is 4.25. The third-order valence-corrected chi connectivity index (χ3v) is 6.24. The van der Waals surface area contributed by atoms with Crippen LogP contribution in [0.2, 0.25) is 10.0 Å². The van der Waals surface area contributed by atoms with Crippen molar-refractivity contribution in [1.82, 2.24) is 4.90 Å². The number of imide groups is 1. The molecule has 2 heterocycles. The summed E-state index contributed by atoms with van der Waals surface area (Å²) in [5, 5.41) is 2.54. The van der Waals surface area contributed by atoms with Crippen LogP contribution in [0.4, 0.5) is 5.69 Å². The summed E-state index contributed by atoms with van der Waals surface area (Å²) in [4.78, 5) is 34.0. The average molecular weight is 453 g/mol. The number of amides is 2. The van der Waals surface area contributed by atoms with E-state index in [-0.39, 0.29) is 18.4 Å². The Bertz CT molecular complexity index is 1140. The molecule has 0 saturated carbocycles. The molecule has 0 bridgehead atoms. The van der Waals surface area contributed by atoms with Crippen LogP contribution in [-0.4, -0.2) is 22.8 Å². The van der Waals surface area contributed by atoms with Crippen molar-refractivity contribution >= 4 is 40.7 Å². The molecule has 5 nitrogen and oxygen atoms in total. The van der Waals surface area contributed by atoms with Gasteiger partial charge >= 0.3 is 0 Å². The van der Waals surface area contributed by atoms with Gasteiger partial charge in [-0.2, -0.15) is 0 Å². The van der Waals surface area contributed by atoms with Gasteiger partial charge in [-0.05, 0) is 35.4 Å². The van der Waals surface area contributed by atoms with E-state index in [1.54, 1.807) is 23.3 Å². The second-order valence-electron chi connectivity index (χ2n) is 7.57. The first-order chi connectivity index (χ1) is 15.0. The van der Waals surface area contributed by atoms with Crippen molar-refractivity contribution in [3.05, 3.63) is 100 Å². The largest absolute Gasteiger partial charge is 0.275 e. The first-order valence-corrected chi connectivity index (χ1v) is 10.7. The topological polar surface area (TPSA) is 49.9 Å². The lowest BCUT2D eigenvalue weighted by atomic mass is 9.90. The molecule has 5 rings (SSSR count). The number of para-hydroxylation sites is 1. The number of hydrogen-bond acceptors (Lipinski definition) is 4. The van der Waals surface area contributed by atoms with Crippen LogP contribution < -0.4 is 5.06 Å². The summed E-state index contributed by atoms with van der Waals surface area (Å²) < 4.78 is 0. The van der Waals surface area contributed by atoms with Crippen LogP contribution in [-0.2, 0) is 21.0 Å². The highest BCUT2D eigenvalue weighted by molar-refractivity contribution is 6.35. The lowest BCUT2D eigenvalue weighted by Gasteiger charge is -2.29. The minimum atomic E-state index is -0.909. The summed E-state index contributed by atoms with van der Waals surface area (Å²) in [5.41, 5.74) is 2.30. The van der Waals surface area contributed by atoms with E-state index < -0.39 is 18.1 Å². The summed E-state index contributed by atoms with van der Waals surface area (Å²) in [5.74, 6) is -1.32. The lowest BCUT2D eigenvalue weighted by Crippen LogP contribution is -2.37. The van der Waals surface area contributed by atoms with Crippen molar-refractivity contribution in [1.29, 1.82) is 0 Å². The predicted molar refractivity (Wildman–Crippen MR) is 118 cm³/mol. The minimum Gasteiger partial charge on any atom is -0.275 e. The summed E-state index contributed by atoms with van der Waals surface area (Å²) in [6.45, 7) is 0.210. The Morgan fingerprint density at radius 2 is 1.52 bits per heavy atom. The van der Waals surface area contributed by atoms with Gasteiger partial charge in [0.2, 0.25) is 5.91 Å². The third-order valence-electron chi connectivity index (χ3n) is 5.68. The molecule has 0 radical (unpaired) electrons. The van der Waals surface area contributed by atoms with Crippen molar-refractivity contribution < 1.29 is 14.4 Å². The van der Waals surface area contributed by atoms with Crippen LogP contribution in [0.3, 0.4) is 0 Å². The molecule has 0 unspecified atom stereocenters. The fraction of sp³-hybridized carbons (Fsp3) is 0.167. The monoisotopic (exact) mass is 452 g/mol. The van der Waals surface area contributed by atoms with Crippen molar-refractivity contribution in [3.63, 3.8) is 0 Å². The van der Waals surface area contributed by atoms with Gasteiger partial charge in [-0.1, -0.05) is 77.8 Å². The zero-order chi connectivity index (χ0) is 21.5. The van der Waals surface area contributed by atoms with E-state index in [2.05, 4.69) is 0 Å². The first-order valence-electron chi connectivity index (χ1n) is 9.90. The number of hydrogen-bond donors (Lipinski definition) is 0. The van der Waals surface area contributed by atoms with Gasteiger partial charge in [-0.3, -0.25) is 19.3 Å². The number of halogens is 2. The van der Waals surface area contributed by atoms with Crippen LogP contribution in [0.15, 0.2) is 78.9 Å².